The summed E-state index contributed by atoms with van der Waals surface area (Å²) in [7, 11) is -2.48. The predicted molar refractivity (Wildman–Crippen MR) is 95.7 cm³/mol. The number of aromatic nitrogens is 1. The Hall–Kier alpha value is -1.75. The van der Waals surface area contributed by atoms with Crippen LogP contribution in [-0.2, 0) is 21.3 Å². The molecule has 3 heterocycles. The van der Waals surface area contributed by atoms with E-state index in [-0.39, 0.29) is 9.77 Å². The van der Waals surface area contributed by atoms with Crippen LogP contribution in [0.2, 0.25) is 0 Å². The summed E-state index contributed by atoms with van der Waals surface area (Å²) in [6.07, 6.45) is 0. The van der Waals surface area contributed by atoms with E-state index in [0.29, 0.717) is 32.7 Å². The van der Waals surface area contributed by atoms with Crippen LogP contribution in [0.15, 0.2) is 20.9 Å². The first kappa shape index (κ1) is 19.0. The van der Waals surface area contributed by atoms with Gasteiger partial charge in [-0.1, -0.05) is 5.16 Å². The Kier molecular flexibility index (Phi) is 5.47. The van der Waals surface area contributed by atoms with Crippen LogP contribution in [0.25, 0.3) is 0 Å². The van der Waals surface area contributed by atoms with E-state index in [1.54, 1.807) is 5.38 Å². The highest BCUT2D eigenvalue weighted by Gasteiger charge is 2.33. The molecule has 1 aliphatic heterocycles. The van der Waals surface area contributed by atoms with Crippen molar-refractivity contribution in [2.24, 2.45) is 0 Å². The van der Waals surface area contributed by atoms with Crippen molar-refractivity contribution in [2.75, 3.05) is 33.3 Å². The SMILES string of the molecule is COC(=O)c1sccc1S(=O)(=O)N1CCN(Cc2c(C)noc2C)CC1. The number of methoxy groups -OCH3 is 1. The minimum Gasteiger partial charge on any atom is -0.465 e. The second-order valence-electron chi connectivity index (χ2n) is 6.09. The molecule has 0 aliphatic carbocycles. The summed E-state index contributed by atoms with van der Waals surface area (Å²) in [4.78, 5) is 14.1. The van der Waals surface area contributed by atoms with E-state index in [9.17, 15) is 13.2 Å². The summed E-state index contributed by atoms with van der Waals surface area (Å²) >= 11 is 1.07. The first-order valence-electron chi connectivity index (χ1n) is 8.14. The normalized spacial score (nSPS) is 16.7. The van der Waals surface area contributed by atoms with E-state index >= 15 is 0 Å². The highest BCUT2D eigenvalue weighted by atomic mass is 32.2. The molecule has 2 aromatic rings. The third-order valence-electron chi connectivity index (χ3n) is 4.51. The number of carbonyl (C=O) groups excluding carboxylic acids is 1. The van der Waals surface area contributed by atoms with Crippen LogP contribution in [-0.4, -0.2) is 62.0 Å². The molecule has 2 aromatic heterocycles. The average Bonchev–Trinajstić information content (AvgIpc) is 3.24. The highest BCUT2D eigenvalue weighted by molar-refractivity contribution is 7.89. The van der Waals surface area contributed by atoms with Crippen LogP contribution in [0, 0.1) is 13.8 Å². The standard InChI is InChI=1S/C16H21N3O5S2/c1-11-13(12(2)24-17-11)10-18-5-7-19(8-6-18)26(21,22)14-4-9-25-15(14)16(20)23-3/h4,9H,5-8,10H2,1-3H3. The van der Waals surface area contributed by atoms with Crippen molar-refractivity contribution in [2.45, 2.75) is 25.3 Å². The van der Waals surface area contributed by atoms with Gasteiger partial charge in [-0.2, -0.15) is 4.31 Å². The number of sulfonamides is 1. The van der Waals surface area contributed by atoms with Gasteiger partial charge < -0.3 is 9.26 Å². The lowest BCUT2D eigenvalue weighted by Crippen LogP contribution is -2.48. The number of thiophene rings is 1. The summed E-state index contributed by atoms with van der Waals surface area (Å²) in [5.41, 5.74) is 1.91. The molecule has 1 saturated heterocycles. The van der Waals surface area contributed by atoms with Gasteiger partial charge in [0.1, 0.15) is 15.5 Å². The molecule has 142 valence electrons. The van der Waals surface area contributed by atoms with Crippen LogP contribution in [0.5, 0.6) is 0 Å². The molecule has 0 unspecified atom stereocenters. The second-order valence-corrected chi connectivity index (χ2v) is 8.91. The lowest BCUT2D eigenvalue weighted by atomic mass is 10.2. The summed E-state index contributed by atoms with van der Waals surface area (Å²) in [5, 5.41) is 5.54. The number of hydrogen-bond acceptors (Lipinski definition) is 8. The zero-order chi connectivity index (χ0) is 18.9. The first-order valence-corrected chi connectivity index (χ1v) is 10.5. The molecule has 0 amide bonds. The first-order chi connectivity index (χ1) is 12.3. The molecule has 8 nitrogen and oxygen atoms in total. The quantitative estimate of drug-likeness (QED) is 0.706. The molecule has 0 aromatic carbocycles. The van der Waals surface area contributed by atoms with Gasteiger partial charge in [-0.3, -0.25) is 4.90 Å². The molecule has 10 heteroatoms. The molecule has 0 saturated carbocycles. The molecule has 0 bridgehead atoms. The van der Waals surface area contributed by atoms with Crippen molar-refractivity contribution in [1.82, 2.24) is 14.4 Å². The highest BCUT2D eigenvalue weighted by Crippen LogP contribution is 2.27. The van der Waals surface area contributed by atoms with Gasteiger partial charge in [0.2, 0.25) is 10.0 Å². The number of hydrogen-bond donors (Lipinski definition) is 0. The van der Waals surface area contributed by atoms with Crippen molar-refractivity contribution >= 4 is 27.3 Å². The largest absolute Gasteiger partial charge is 0.465 e. The number of nitrogens with zero attached hydrogens (tertiary/aromatic N) is 3. The Labute approximate surface area is 156 Å². The van der Waals surface area contributed by atoms with Crippen molar-refractivity contribution < 1.29 is 22.5 Å². The number of piperazine rings is 1. The maximum Gasteiger partial charge on any atom is 0.349 e. The number of esters is 1. The lowest BCUT2D eigenvalue weighted by Gasteiger charge is -2.33. The molecule has 0 atom stereocenters. The zero-order valence-electron chi connectivity index (χ0n) is 14.9. The third-order valence-corrected chi connectivity index (χ3v) is 7.48. The van der Waals surface area contributed by atoms with E-state index in [4.69, 9.17) is 4.52 Å². The van der Waals surface area contributed by atoms with Crippen molar-refractivity contribution in [3.05, 3.63) is 33.3 Å². The fourth-order valence-corrected chi connectivity index (χ4v) is 5.69. The topological polar surface area (TPSA) is 93.0 Å². The van der Waals surface area contributed by atoms with Crippen LogP contribution in [0.1, 0.15) is 26.7 Å². The minimum atomic E-state index is -3.72. The van der Waals surface area contributed by atoms with Gasteiger partial charge in [0.05, 0.1) is 12.8 Å². The number of ether oxygens (including phenoxy) is 1. The van der Waals surface area contributed by atoms with Crippen LogP contribution < -0.4 is 0 Å². The maximum absolute atomic E-state index is 12.9. The lowest BCUT2D eigenvalue weighted by molar-refractivity contribution is 0.0602. The van der Waals surface area contributed by atoms with Gasteiger partial charge in [-0.05, 0) is 25.3 Å². The van der Waals surface area contributed by atoms with Gasteiger partial charge in [0.25, 0.3) is 0 Å². The van der Waals surface area contributed by atoms with Crippen LogP contribution in [0.4, 0.5) is 0 Å². The van der Waals surface area contributed by atoms with Crippen molar-refractivity contribution in [3.8, 4) is 0 Å². The summed E-state index contributed by atoms with van der Waals surface area (Å²) in [6.45, 7) is 6.38. The fraction of sp³-hybridized carbons (Fsp3) is 0.500. The molecule has 1 fully saturated rings. The zero-order valence-corrected chi connectivity index (χ0v) is 16.5. The molecule has 0 N–H and O–H groups in total. The predicted octanol–water partition coefficient (Wildman–Crippen LogP) is 1.65. The molecule has 3 rings (SSSR count). The molecule has 0 spiro atoms. The Morgan fingerprint density at radius 1 is 1.31 bits per heavy atom. The maximum atomic E-state index is 12.9. The second kappa shape index (κ2) is 7.47. The third kappa shape index (κ3) is 3.54. The molecule has 0 radical (unpaired) electrons. The van der Waals surface area contributed by atoms with Gasteiger partial charge in [-0.25, -0.2) is 13.2 Å². The fourth-order valence-electron chi connectivity index (χ4n) is 2.96. The monoisotopic (exact) mass is 399 g/mol. The summed E-state index contributed by atoms with van der Waals surface area (Å²) in [6, 6.07) is 1.46. The molecular formula is C16H21N3O5S2. The molecular weight excluding hydrogens is 378 g/mol. The van der Waals surface area contributed by atoms with E-state index < -0.39 is 16.0 Å². The van der Waals surface area contributed by atoms with E-state index in [1.165, 1.54) is 17.5 Å². The average molecular weight is 399 g/mol. The van der Waals surface area contributed by atoms with Crippen LogP contribution in [0.3, 0.4) is 0 Å². The minimum absolute atomic E-state index is 0.0218. The van der Waals surface area contributed by atoms with Crippen LogP contribution >= 0.6 is 11.3 Å². The molecule has 1 aliphatic rings. The Morgan fingerprint density at radius 2 is 2.00 bits per heavy atom. The van der Waals surface area contributed by atoms with E-state index in [1.807, 2.05) is 13.8 Å². The number of aryl methyl sites for hydroxylation is 2. The van der Waals surface area contributed by atoms with Gasteiger partial charge >= 0.3 is 5.97 Å². The summed E-state index contributed by atoms with van der Waals surface area (Å²) in [5.74, 6) is 0.161. The van der Waals surface area contributed by atoms with E-state index in [0.717, 1.165) is 28.4 Å². The Bertz CT molecular complexity index is 875. The van der Waals surface area contributed by atoms with Gasteiger partial charge in [0, 0.05) is 38.3 Å². The Balaban J connectivity index is 1.70. The number of rotatable bonds is 5. The number of carbonyl (C=O) groups is 1. The van der Waals surface area contributed by atoms with Gasteiger partial charge in [0.15, 0.2) is 0 Å². The van der Waals surface area contributed by atoms with E-state index in [2.05, 4.69) is 14.8 Å². The van der Waals surface area contributed by atoms with Crippen molar-refractivity contribution in [1.29, 1.82) is 0 Å². The van der Waals surface area contributed by atoms with Gasteiger partial charge in [-0.15, -0.1) is 11.3 Å². The van der Waals surface area contributed by atoms with Crippen molar-refractivity contribution in [3.63, 3.8) is 0 Å². The summed E-state index contributed by atoms with van der Waals surface area (Å²) < 4.78 is 37.1. The smallest absolute Gasteiger partial charge is 0.349 e. The Morgan fingerprint density at radius 3 is 2.58 bits per heavy atom. The molecule has 26 heavy (non-hydrogen) atoms.